The number of aromatic nitrogens is 1. The highest BCUT2D eigenvalue weighted by molar-refractivity contribution is 5.53. The number of phenols is 1. The number of hydrogen-bond donors (Lipinski definition) is 2. The van der Waals surface area contributed by atoms with Crippen LogP contribution in [0.25, 0.3) is 0 Å². The minimum absolute atomic E-state index is 0.0881. The Balaban J connectivity index is 2.21. The predicted molar refractivity (Wildman–Crippen MR) is 75.5 cm³/mol. The van der Waals surface area contributed by atoms with Crippen LogP contribution in [0.15, 0.2) is 36.5 Å². The molecule has 1 atom stereocenters. The van der Waals surface area contributed by atoms with Crippen molar-refractivity contribution in [3.05, 3.63) is 47.9 Å². The monoisotopic (exact) mass is 276 g/mol. The lowest BCUT2D eigenvalue weighted by atomic mass is 10.1. The van der Waals surface area contributed by atoms with Crippen molar-refractivity contribution in [3.8, 4) is 11.6 Å². The molecule has 1 unspecified atom stereocenters. The summed E-state index contributed by atoms with van der Waals surface area (Å²) < 4.78 is 19.2. The van der Waals surface area contributed by atoms with Gasteiger partial charge >= 0.3 is 0 Å². The number of ether oxygens (including phenoxy) is 1. The predicted octanol–water partition coefficient (Wildman–Crippen LogP) is 3.50. The van der Waals surface area contributed by atoms with Gasteiger partial charge in [-0.3, -0.25) is 0 Å². The number of phenolic OH excluding ortho intramolecular Hbond substituents is 1. The van der Waals surface area contributed by atoms with Gasteiger partial charge in [0.15, 0.2) is 0 Å². The molecule has 2 aromatic rings. The van der Waals surface area contributed by atoms with Crippen LogP contribution < -0.4 is 10.1 Å². The van der Waals surface area contributed by atoms with Crippen molar-refractivity contribution in [2.75, 3.05) is 11.9 Å². The molecule has 20 heavy (non-hydrogen) atoms. The van der Waals surface area contributed by atoms with Gasteiger partial charge < -0.3 is 15.2 Å². The number of halogens is 1. The van der Waals surface area contributed by atoms with E-state index >= 15 is 0 Å². The highest BCUT2D eigenvalue weighted by atomic mass is 19.1. The number of pyridine rings is 1. The van der Waals surface area contributed by atoms with Gasteiger partial charge in [-0.25, -0.2) is 9.37 Å². The SMILES string of the molecule is CCOc1ncccc1NC(C)c1ccc(O)cc1F. The van der Waals surface area contributed by atoms with Gasteiger partial charge in [-0.15, -0.1) is 0 Å². The second-order valence-corrected chi connectivity index (χ2v) is 4.36. The van der Waals surface area contributed by atoms with Gasteiger partial charge in [0.25, 0.3) is 0 Å². The number of nitrogens with zero attached hydrogens (tertiary/aromatic N) is 1. The maximum atomic E-state index is 13.8. The number of nitrogens with one attached hydrogen (secondary N) is 1. The molecule has 0 spiro atoms. The van der Waals surface area contributed by atoms with Crippen molar-refractivity contribution in [3.63, 3.8) is 0 Å². The lowest BCUT2D eigenvalue weighted by molar-refractivity contribution is 0.328. The average molecular weight is 276 g/mol. The Morgan fingerprint density at radius 3 is 2.90 bits per heavy atom. The first-order valence-electron chi connectivity index (χ1n) is 6.44. The van der Waals surface area contributed by atoms with Crippen LogP contribution in [0.4, 0.5) is 10.1 Å². The number of hydrogen-bond acceptors (Lipinski definition) is 4. The summed E-state index contributed by atoms with van der Waals surface area (Å²) in [5, 5.41) is 12.4. The Bertz CT molecular complexity index is 590. The van der Waals surface area contributed by atoms with Crippen LogP contribution in [-0.2, 0) is 0 Å². The number of benzene rings is 1. The van der Waals surface area contributed by atoms with Crippen LogP contribution in [-0.4, -0.2) is 16.7 Å². The summed E-state index contributed by atoms with van der Waals surface area (Å²) in [6.07, 6.45) is 1.64. The fourth-order valence-corrected chi connectivity index (χ4v) is 1.93. The van der Waals surface area contributed by atoms with Crippen molar-refractivity contribution < 1.29 is 14.2 Å². The quantitative estimate of drug-likeness (QED) is 0.877. The van der Waals surface area contributed by atoms with E-state index in [1.165, 1.54) is 6.07 Å². The maximum absolute atomic E-state index is 13.8. The summed E-state index contributed by atoms with van der Waals surface area (Å²) in [5.74, 6) is -0.0530. The van der Waals surface area contributed by atoms with E-state index in [0.717, 1.165) is 6.07 Å². The van der Waals surface area contributed by atoms with Crippen molar-refractivity contribution in [2.24, 2.45) is 0 Å². The zero-order valence-corrected chi connectivity index (χ0v) is 11.4. The first-order chi connectivity index (χ1) is 9.61. The van der Waals surface area contributed by atoms with Gasteiger partial charge in [0.1, 0.15) is 11.6 Å². The van der Waals surface area contributed by atoms with Gasteiger partial charge in [0.05, 0.1) is 18.3 Å². The van der Waals surface area contributed by atoms with Gasteiger partial charge in [-0.2, -0.15) is 0 Å². The number of rotatable bonds is 5. The smallest absolute Gasteiger partial charge is 0.237 e. The van der Waals surface area contributed by atoms with Gasteiger partial charge in [-0.05, 0) is 32.0 Å². The molecule has 1 heterocycles. The minimum atomic E-state index is -0.452. The van der Waals surface area contributed by atoms with E-state index < -0.39 is 5.82 Å². The van der Waals surface area contributed by atoms with E-state index in [9.17, 15) is 9.50 Å². The summed E-state index contributed by atoms with van der Waals surface area (Å²) in [7, 11) is 0. The van der Waals surface area contributed by atoms with Crippen molar-refractivity contribution in [2.45, 2.75) is 19.9 Å². The molecule has 0 aliphatic rings. The van der Waals surface area contributed by atoms with Crippen LogP contribution >= 0.6 is 0 Å². The largest absolute Gasteiger partial charge is 0.508 e. The van der Waals surface area contributed by atoms with Crippen LogP contribution in [0.3, 0.4) is 0 Å². The van der Waals surface area contributed by atoms with Gasteiger partial charge in [-0.1, -0.05) is 6.07 Å². The lowest BCUT2D eigenvalue weighted by Crippen LogP contribution is -2.10. The second kappa shape index (κ2) is 6.23. The van der Waals surface area contributed by atoms with Gasteiger partial charge in [0.2, 0.25) is 5.88 Å². The molecule has 1 aromatic carbocycles. The van der Waals surface area contributed by atoms with Crippen LogP contribution in [0.1, 0.15) is 25.5 Å². The Labute approximate surface area is 117 Å². The fourth-order valence-electron chi connectivity index (χ4n) is 1.93. The summed E-state index contributed by atoms with van der Waals surface area (Å²) >= 11 is 0. The summed E-state index contributed by atoms with van der Waals surface area (Å²) in [6.45, 7) is 4.22. The molecule has 0 amide bonds. The molecule has 2 N–H and O–H groups in total. The minimum Gasteiger partial charge on any atom is -0.508 e. The molecule has 0 aliphatic carbocycles. The van der Waals surface area contributed by atoms with E-state index in [2.05, 4.69) is 10.3 Å². The molecule has 0 saturated carbocycles. The Morgan fingerprint density at radius 2 is 2.20 bits per heavy atom. The van der Waals surface area contributed by atoms with E-state index in [1.807, 2.05) is 19.9 Å². The molecular weight excluding hydrogens is 259 g/mol. The van der Waals surface area contributed by atoms with Crippen LogP contribution in [0.2, 0.25) is 0 Å². The molecule has 4 nitrogen and oxygen atoms in total. The first kappa shape index (κ1) is 14.1. The molecule has 2 rings (SSSR count). The number of aromatic hydroxyl groups is 1. The third-order valence-electron chi connectivity index (χ3n) is 2.87. The molecule has 0 saturated heterocycles. The molecule has 1 aromatic heterocycles. The molecule has 0 radical (unpaired) electrons. The van der Waals surface area contributed by atoms with Crippen LogP contribution in [0.5, 0.6) is 11.6 Å². The Kier molecular flexibility index (Phi) is 4.40. The second-order valence-electron chi connectivity index (χ2n) is 4.36. The molecule has 0 fully saturated rings. The summed E-state index contributed by atoms with van der Waals surface area (Å²) in [4.78, 5) is 4.13. The summed E-state index contributed by atoms with van der Waals surface area (Å²) in [6, 6.07) is 7.44. The third kappa shape index (κ3) is 3.17. The van der Waals surface area contributed by atoms with Crippen LogP contribution in [0, 0.1) is 5.82 Å². The molecule has 0 aliphatic heterocycles. The topological polar surface area (TPSA) is 54.4 Å². The molecule has 0 bridgehead atoms. The third-order valence-corrected chi connectivity index (χ3v) is 2.87. The fraction of sp³-hybridized carbons (Fsp3) is 0.267. The highest BCUT2D eigenvalue weighted by Gasteiger charge is 2.13. The zero-order chi connectivity index (χ0) is 14.5. The molecule has 106 valence electrons. The average Bonchev–Trinajstić information content (AvgIpc) is 2.41. The standard InChI is InChI=1S/C15H17FN2O2/c1-3-20-15-14(5-4-8-17-15)18-10(2)12-7-6-11(19)9-13(12)16/h4-10,18-19H,3H2,1-2H3. The maximum Gasteiger partial charge on any atom is 0.237 e. The zero-order valence-electron chi connectivity index (χ0n) is 11.4. The van der Waals surface area contributed by atoms with E-state index in [-0.39, 0.29) is 11.8 Å². The van der Waals surface area contributed by atoms with E-state index in [1.54, 1.807) is 18.3 Å². The Hall–Kier alpha value is -2.30. The number of anilines is 1. The highest BCUT2D eigenvalue weighted by Crippen LogP contribution is 2.28. The molecular formula is C15H17FN2O2. The Morgan fingerprint density at radius 1 is 1.40 bits per heavy atom. The van der Waals surface area contributed by atoms with Crippen molar-refractivity contribution in [1.82, 2.24) is 4.98 Å². The lowest BCUT2D eigenvalue weighted by Gasteiger charge is -2.18. The van der Waals surface area contributed by atoms with Crippen molar-refractivity contribution >= 4 is 5.69 Å². The van der Waals surface area contributed by atoms with Gasteiger partial charge in [0, 0.05) is 17.8 Å². The van der Waals surface area contributed by atoms with Crippen molar-refractivity contribution in [1.29, 1.82) is 0 Å². The first-order valence-corrected chi connectivity index (χ1v) is 6.44. The van der Waals surface area contributed by atoms with E-state index in [0.29, 0.717) is 23.7 Å². The van der Waals surface area contributed by atoms with E-state index in [4.69, 9.17) is 4.74 Å². The normalized spacial score (nSPS) is 11.9. The molecule has 5 heteroatoms. The summed E-state index contributed by atoms with van der Waals surface area (Å²) in [5.41, 5.74) is 1.17.